The molecule has 4 N–H and O–H groups in total. The second-order valence-electron chi connectivity index (χ2n) is 15.4. The minimum absolute atomic E-state index is 0.0416. The molecule has 1 aromatic heterocycles. The summed E-state index contributed by atoms with van der Waals surface area (Å²) in [6, 6.07) is 9.38. The predicted molar refractivity (Wildman–Crippen MR) is 212 cm³/mol. The number of piperidine rings is 1. The Bertz CT molecular complexity index is 2100. The molecule has 3 saturated heterocycles. The summed E-state index contributed by atoms with van der Waals surface area (Å²) >= 11 is 6.82. The van der Waals surface area contributed by atoms with Gasteiger partial charge in [-0.2, -0.15) is 0 Å². The van der Waals surface area contributed by atoms with Crippen LogP contribution >= 0.6 is 11.6 Å². The highest BCUT2D eigenvalue weighted by molar-refractivity contribution is 6.32. The van der Waals surface area contributed by atoms with E-state index in [0.29, 0.717) is 48.6 Å². The summed E-state index contributed by atoms with van der Waals surface area (Å²) in [5.74, 6) is -1.33. The minimum atomic E-state index is -0.722. The Morgan fingerprint density at radius 2 is 1.75 bits per heavy atom. The van der Waals surface area contributed by atoms with E-state index in [0.717, 1.165) is 48.7 Å². The number of benzene rings is 2. The van der Waals surface area contributed by atoms with E-state index in [1.54, 1.807) is 27.5 Å². The summed E-state index contributed by atoms with van der Waals surface area (Å²) in [5.41, 5.74) is 8.56. The van der Waals surface area contributed by atoms with Gasteiger partial charge in [0.1, 0.15) is 24.4 Å². The number of fused-ring (bicyclic) bond motifs is 2. The molecule has 0 bridgehead atoms. The summed E-state index contributed by atoms with van der Waals surface area (Å²) in [6.45, 7) is 2.42. The fourth-order valence-corrected chi connectivity index (χ4v) is 8.65. The SMILES string of the molecule is CC(=O)N1CCC(=O)N2[C@H](CC[C@H]2C(=O)N[C@@H](CCC(N)=O)COc2cccc(CCCCCc3ccc4c(c3)n(C)c(=O)n4C3CCC(=O)NC3=O)c2Cl)CC1. The maximum absolute atomic E-state index is 13.6. The topological polar surface area (TPSA) is 195 Å². The number of halogens is 1. The molecule has 4 atom stereocenters. The number of aryl methyl sites for hydroxylation is 3. The zero-order valence-corrected chi connectivity index (χ0v) is 33.4. The Kier molecular flexibility index (Phi) is 13.4. The second kappa shape index (κ2) is 18.4. The van der Waals surface area contributed by atoms with Gasteiger partial charge in [-0.05, 0) is 87.1 Å². The Hall–Kier alpha value is -5.18. The van der Waals surface area contributed by atoms with Crippen LogP contribution in [0.1, 0.15) is 94.7 Å². The molecule has 4 heterocycles. The quantitative estimate of drug-likeness (QED) is 0.154. The lowest BCUT2D eigenvalue weighted by Gasteiger charge is -2.35. The van der Waals surface area contributed by atoms with E-state index >= 15 is 0 Å². The minimum Gasteiger partial charge on any atom is -0.490 e. The maximum atomic E-state index is 13.6. The number of nitrogens with two attached hydrogens (primary N) is 1. The van der Waals surface area contributed by atoms with Gasteiger partial charge in [0, 0.05) is 52.4 Å². The monoisotopic (exact) mass is 805 g/mol. The standard InChI is InChI=1S/C41H52ClN7O8/c1-25(50)47-21-19-29-13-15-31(48(29)37(53)20-22-47)39(54)44-28(12-17-35(43)51)24-57-34-10-6-9-27(38(34)42)8-5-3-4-7-26-11-14-30-33(23-26)46(2)41(56)49(30)32-16-18-36(52)45-40(32)55/h6,9-11,14,23,28-29,31-32H,3-5,7-8,12-13,15-22,24H2,1-2H3,(H2,43,51)(H,44,54)(H,45,52,55)/t28-,29+,31-,32?/m0/s1. The van der Waals surface area contributed by atoms with Crippen LogP contribution in [-0.2, 0) is 48.7 Å². The number of aromatic nitrogens is 2. The fourth-order valence-electron chi connectivity index (χ4n) is 8.37. The summed E-state index contributed by atoms with van der Waals surface area (Å²) in [6.07, 6.45) is 6.95. The molecular weight excluding hydrogens is 754 g/mol. The number of nitrogens with zero attached hydrogens (tertiary/aromatic N) is 4. The van der Waals surface area contributed by atoms with Crippen LogP contribution in [0.3, 0.4) is 0 Å². The van der Waals surface area contributed by atoms with E-state index < -0.39 is 29.9 Å². The highest BCUT2D eigenvalue weighted by Crippen LogP contribution is 2.32. The first-order valence-electron chi connectivity index (χ1n) is 19.9. The first kappa shape index (κ1) is 41.5. The molecule has 0 radical (unpaired) electrons. The van der Waals surface area contributed by atoms with Gasteiger partial charge in [-0.25, -0.2) is 4.79 Å². The van der Waals surface area contributed by atoms with Gasteiger partial charge < -0.3 is 25.6 Å². The number of hydrogen-bond donors (Lipinski definition) is 3. The summed E-state index contributed by atoms with van der Waals surface area (Å²) in [5, 5.41) is 5.83. The molecule has 0 spiro atoms. The van der Waals surface area contributed by atoms with Gasteiger partial charge in [0.2, 0.25) is 35.4 Å². The van der Waals surface area contributed by atoms with Crippen LogP contribution in [0.15, 0.2) is 41.2 Å². The molecule has 15 nitrogen and oxygen atoms in total. The number of carbonyl (C=O) groups excluding carboxylic acids is 6. The molecule has 3 aromatic rings. The summed E-state index contributed by atoms with van der Waals surface area (Å²) in [7, 11) is 1.69. The normalized spacial score (nSPS) is 20.5. The van der Waals surface area contributed by atoms with E-state index in [2.05, 4.69) is 10.6 Å². The van der Waals surface area contributed by atoms with Crippen molar-refractivity contribution >= 4 is 58.1 Å². The van der Waals surface area contributed by atoms with E-state index in [9.17, 15) is 33.6 Å². The first-order valence-corrected chi connectivity index (χ1v) is 20.3. The van der Waals surface area contributed by atoms with Crippen molar-refractivity contribution < 1.29 is 33.5 Å². The van der Waals surface area contributed by atoms with Crippen molar-refractivity contribution in [1.82, 2.24) is 29.6 Å². The van der Waals surface area contributed by atoms with Crippen molar-refractivity contribution in [3.05, 3.63) is 63.0 Å². The van der Waals surface area contributed by atoms with E-state index in [-0.39, 0.29) is 74.1 Å². The zero-order chi connectivity index (χ0) is 40.8. The molecule has 57 heavy (non-hydrogen) atoms. The molecule has 1 unspecified atom stereocenters. The van der Waals surface area contributed by atoms with Gasteiger partial charge in [0.05, 0.1) is 22.1 Å². The number of unbranched alkanes of at least 4 members (excludes halogenated alkanes) is 2. The van der Waals surface area contributed by atoms with Crippen molar-refractivity contribution in [2.24, 2.45) is 12.8 Å². The average molecular weight is 806 g/mol. The smallest absolute Gasteiger partial charge is 0.329 e. The lowest BCUT2D eigenvalue weighted by atomic mass is 10.0. The number of rotatable bonds is 15. The molecule has 0 saturated carbocycles. The van der Waals surface area contributed by atoms with Crippen molar-refractivity contribution in [2.75, 3.05) is 19.7 Å². The largest absolute Gasteiger partial charge is 0.490 e. The number of imidazole rings is 1. The van der Waals surface area contributed by atoms with Crippen LogP contribution in [0.4, 0.5) is 0 Å². The third kappa shape index (κ3) is 9.69. The van der Waals surface area contributed by atoms with Gasteiger partial charge in [-0.3, -0.25) is 43.2 Å². The third-order valence-corrected chi connectivity index (χ3v) is 12.0. The third-order valence-electron chi connectivity index (χ3n) is 11.5. The van der Waals surface area contributed by atoms with Gasteiger partial charge in [0.15, 0.2) is 0 Å². The van der Waals surface area contributed by atoms with Crippen LogP contribution in [0.25, 0.3) is 11.0 Å². The maximum Gasteiger partial charge on any atom is 0.329 e. The van der Waals surface area contributed by atoms with Crippen LogP contribution in [0, 0.1) is 0 Å². The Balaban J connectivity index is 1.01. The lowest BCUT2D eigenvalue weighted by molar-refractivity contribution is -0.143. The average Bonchev–Trinajstić information content (AvgIpc) is 3.70. The number of carbonyl (C=O) groups is 6. The first-order chi connectivity index (χ1) is 27.3. The van der Waals surface area contributed by atoms with Crippen molar-refractivity contribution in [3.8, 4) is 5.75 Å². The summed E-state index contributed by atoms with van der Waals surface area (Å²) < 4.78 is 9.17. The van der Waals surface area contributed by atoms with E-state index in [1.807, 2.05) is 30.3 Å². The van der Waals surface area contributed by atoms with Gasteiger partial charge in [0.25, 0.3) is 0 Å². The molecule has 3 fully saturated rings. The second-order valence-corrected chi connectivity index (χ2v) is 15.8. The number of imide groups is 1. The van der Waals surface area contributed by atoms with Gasteiger partial charge in [-0.15, -0.1) is 0 Å². The molecule has 16 heteroatoms. The Morgan fingerprint density at radius 1 is 0.965 bits per heavy atom. The molecule has 0 aliphatic carbocycles. The van der Waals surface area contributed by atoms with Crippen LogP contribution in [0.2, 0.25) is 5.02 Å². The van der Waals surface area contributed by atoms with E-state index in [4.69, 9.17) is 22.1 Å². The number of hydrogen-bond acceptors (Lipinski definition) is 8. The van der Waals surface area contributed by atoms with Crippen LogP contribution in [-0.4, -0.2) is 92.2 Å². The number of nitrogens with one attached hydrogen (secondary N) is 2. The van der Waals surface area contributed by atoms with Crippen molar-refractivity contribution in [1.29, 1.82) is 0 Å². The molecular formula is C41H52ClN7O8. The molecule has 6 rings (SSSR count). The van der Waals surface area contributed by atoms with Crippen molar-refractivity contribution in [2.45, 2.75) is 115 Å². The zero-order valence-electron chi connectivity index (χ0n) is 32.6. The highest BCUT2D eigenvalue weighted by Gasteiger charge is 2.42. The predicted octanol–water partition coefficient (Wildman–Crippen LogP) is 3.06. The molecule has 2 aromatic carbocycles. The van der Waals surface area contributed by atoms with Gasteiger partial charge in [-0.1, -0.05) is 36.2 Å². The van der Waals surface area contributed by atoms with Gasteiger partial charge >= 0.3 is 5.69 Å². The Morgan fingerprint density at radius 3 is 2.51 bits per heavy atom. The number of ether oxygens (including phenoxy) is 1. The highest BCUT2D eigenvalue weighted by atomic mass is 35.5. The molecule has 6 amide bonds. The fraction of sp³-hybridized carbons (Fsp3) is 0.537. The number of primary amides is 1. The molecule has 3 aliphatic heterocycles. The van der Waals surface area contributed by atoms with Crippen LogP contribution in [0.5, 0.6) is 5.75 Å². The lowest BCUT2D eigenvalue weighted by Crippen LogP contribution is -2.54. The van der Waals surface area contributed by atoms with E-state index in [1.165, 1.54) is 11.5 Å². The number of amides is 6. The van der Waals surface area contributed by atoms with Crippen molar-refractivity contribution in [3.63, 3.8) is 0 Å². The molecule has 306 valence electrons. The Labute approximate surface area is 336 Å². The molecule has 3 aliphatic rings. The summed E-state index contributed by atoms with van der Waals surface area (Å²) in [4.78, 5) is 91.1. The van der Waals surface area contributed by atoms with Crippen LogP contribution < -0.4 is 26.8 Å².